The van der Waals surface area contributed by atoms with E-state index in [0.717, 1.165) is 55.5 Å². The van der Waals surface area contributed by atoms with E-state index in [0.29, 0.717) is 0 Å². The number of rotatable bonds is 6. The van der Waals surface area contributed by atoms with E-state index in [9.17, 15) is 0 Å². The molecule has 0 unspecified atom stereocenters. The van der Waals surface area contributed by atoms with Crippen LogP contribution in [0.5, 0.6) is 0 Å². The van der Waals surface area contributed by atoms with Gasteiger partial charge in [0, 0.05) is 33.2 Å². The summed E-state index contributed by atoms with van der Waals surface area (Å²) >= 11 is 0. The Morgan fingerprint density at radius 3 is 1.47 bits per heavy atom. The van der Waals surface area contributed by atoms with Gasteiger partial charge in [0.2, 0.25) is 0 Å². The largest absolute Gasteiger partial charge is 0.455 e. The minimum atomic E-state index is 0.899. The molecule has 2 nitrogen and oxygen atoms in total. The van der Waals surface area contributed by atoms with Crippen LogP contribution in [0.3, 0.4) is 0 Å². The molecule has 0 aliphatic carbocycles. The molecule has 0 bridgehead atoms. The van der Waals surface area contributed by atoms with Crippen LogP contribution in [-0.2, 0) is 0 Å². The fraction of sp³-hybridized carbons (Fsp3) is 0. The summed E-state index contributed by atoms with van der Waals surface area (Å²) in [5.41, 5.74) is 12.2. The molecule has 0 N–H and O–H groups in total. The summed E-state index contributed by atoms with van der Waals surface area (Å²) in [6.07, 6.45) is 0. The Hall–Kier alpha value is -7.94. The number of hydrogen-bond donors (Lipinski definition) is 0. The third-order valence-corrected chi connectivity index (χ3v) is 12.3. The number of nitrogens with zero attached hydrogens (tertiary/aromatic N) is 1. The van der Waals surface area contributed by atoms with Crippen LogP contribution in [0.2, 0.25) is 0 Å². The van der Waals surface area contributed by atoms with Crippen LogP contribution < -0.4 is 4.90 Å². The highest BCUT2D eigenvalue weighted by Crippen LogP contribution is 2.42. The van der Waals surface area contributed by atoms with Crippen LogP contribution in [-0.4, -0.2) is 0 Å². The molecule has 0 aliphatic rings. The van der Waals surface area contributed by atoms with E-state index in [-0.39, 0.29) is 0 Å². The molecule has 0 fully saturated rings. The van der Waals surface area contributed by atoms with Gasteiger partial charge in [-0.15, -0.1) is 0 Å². The van der Waals surface area contributed by atoms with Crippen molar-refractivity contribution in [2.45, 2.75) is 0 Å². The SMILES string of the molecule is c1ccc2c(-c3ccc(N(c4ccc(-c5ccc6c(ccc7ccccc76)c5)cc4)c4ccc(-c5cccc6oc7c8ccccc8ccc7c56)cc4)cc3)cccc2c1. The molecule has 2 heteroatoms. The summed E-state index contributed by atoms with van der Waals surface area (Å²) in [6.45, 7) is 0. The Balaban J connectivity index is 0.945. The van der Waals surface area contributed by atoms with Gasteiger partial charge in [-0.25, -0.2) is 0 Å². The average Bonchev–Trinajstić information content (AvgIpc) is 3.72. The highest BCUT2D eigenvalue weighted by Gasteiger charge is 2.17. The normalized spacial score (nSPS) is 11.7. The maximum atomic E-state index is 6.54. The molecule has 1 aromatic heterocycles. The molecular formula is C58H37NO. The minimum Gasteiger partial charge on any atom is -0.455 e. The van der Waals surface area contributed by atoms with Gasteiger partial charge >= 0.3 is 0 Å². The lowest BCUT2D eigenvalue weighted by molar-refractivity contribution is 0.673. The first-order chi connectivity index (χ1) is 29.7. The lowest BCUT2D eigenvalue weighted by atomic mass is 9.97. The first-order valence-electron chi connectivity index (χ1n) is 20.6. The highest BCUT2D eigenvalue weighted by molar-refractivity contribution is 6.19. The van der Waals surface area contributed by atoms with Crippen LogP contribution in [0.4, 0.5) is 17.1 Å². The summed E-state index contributed by atoms with van der Waals surface area (Å²) in [5.74, 6) is 0. The van der Waals surface area contributed by atoms with Gasteiger partial charge in [0.25, 0.3) is 0 Å². The van der Waals surface area contributed by atoms with Crippen molar-refractivity contribution >= 4 is 82.1 Å². The molecule has 0 saturated heterocycles. The summed E-state index contributed by atoms with van der Waals surface area (Å²) in [6, 6.07) is 81.2. The molecular weight excluding hydrogens is 727 g/mol. The summed E-state index contributed by atoms with van der Waals surface area (Å²) in [7, 11) is 0. The van der Waals surface area contributed by atoms with Crippen molar-refractivity contribution in [3.05, 3.63) is 224 Å². The third-order valence-electron chi connectivity index (χ3n) is 12.3. The Bertz CT molecular complexity index is 3570. The first-order valence-corrected chi connectivity index (χ1v) is 20.6. The Labute approximate surface area is 347 Å². The number of fused-ring (bicyclic) bond motifs is 9. The van der Waals surface area contributed by atoms with Crippen molar-refractivity contribution in [3.8, 4) is 33.4 Å². The summed E-state index contributed by atoms with van der Waals surface area (Å²) in [5, 5.41) is 12.2. The predicted molar refractivity (Wildman–Crippen MR) is 255 cm³/mol. The van der Waals surface area contributed by atoms with E-state index in [1.807, 2.05) is 0 Å². The fourth-order valence-electron chi connectivity index (χ4n) is 9.29. The van der Waals surface area contributed by atoms with Gasteiger partial charge in [-0.3, -0.25) is 0 Å². The van der Waals surface area contributed by atoms with Crippen molar-refractivity contribution in [1.29, 1.82) is 0 Å². The molecule has 60 heavy (non-hydrogen) atoms. The number of hydrogen-bond acceptors (Lipinski definition) is 2. The second-order valence-electron chi connectivity index (χ2n) is 15.7. The van der Waals surface area contributed by atoms with Crippen molar-refractivity contribution in [2.75, 3.05) is 4.90 Å². The average molecular weight is 764 g/mol. The maximum Gasteiger partial charge on any atom is 0.143 e. The van der Waals surface area contributed by atoms with Crippen LogP contribution in [0.25, 0.3) is 98.4 Å². The molecule has 0 amide bonds. The smallest absolute Gasteiger partial charge is 0.143 e. The van der Waals surface area contributed by atoms with Crippen molar-refractivity contribution in [3.63, 3.8) is 0 Å². The van der Waals surface area contributed by atoms with E-state index >= 15 is 0 Å². The zero-order valence-electron chi connectivity index (χ0n) is 32.7. The molecule has 11 aromatic carbocycles. The zero-order valence-corrected chi connectivity index (χ0v) is 32.7. The molecule has 12 rings (SSSR count). The topological polar surface area (TPSA) is 16.4 Å². The number of benzene rings is 11. The number of furan rings is 1. The Morgan fingerprint density at radius 1 is 0.283 bits per heavy atom. The van der Waals surface area contributed by atoms with E-state index in [2.05, 4.69) is 229 Å². The second-order valence-corrected chi connectivity index (χ2v) is 15.7. The zero-order chi connectivity index (χ0) is 39.6. The molecule has 1 heterocycles. The Kier molecular flexibility index (Phi) is 7.89. The highest BCUT2D eigenvalue weighted by atomic mass is 16.3. The van der Waals surface area contributed by atoms with Gasteiger partial charge in [0.05, 0.1) is 0 Å². The van der Waals surface area contributed by atoms with Crippen molar-refractivity contribution < 1.29 is 4.42 Å². The predicted octanol–water partition coefficient (Wildman–Crippen LogP) is 16.7. The van der Waals surface area contributed by atoms with E-state index in [4.69, 9.17) is 4.42 Å². The maximum absolute atomic E-state index is 6.54. The van der Waals surface area contributed by atoms with Gasteiger partial charge in [-0.05, 0) is 126 Å². The van der Waals surface area contributed by atoms with Gasteiger partial charge in [-0.1, -0.05) is 170 Å². The van der Waals surface area contributed by atoms with E-state index < -0.39 is 0 Å². The van der Waals surface area contributed by atoms with Gasteiger partial charge in [0.1, 0.15) is 11.2 Å². The van der Waals surface area contributed by atoms with Crippen molar-refractivity contribution in [1.82, 2.24) is 0 Å². The van der Waals surface area contributed by atoms with Gasteiger partial charge < -0.3 is 9.32 Å². The molecule has 0 spiro atoms. The fourth-order valence-corrected chi connectivity index (χ4v) is 9.29. The van der Waals surface area contributed by atoms with Crippen LogP contribution >= 0.6 is 0 Å². The summed E-state index contributed by atoms with van der Waals surface area (Å²) in [4.78, 5) is 2.35. The molecule has 280 valence electrons. The number of anilines is 3. The minimum absolute atomic E-state index is 0.899. The second kappa shape index (κ2) is 13.9. The molecule has 0 atom stereocenters. The lowest BCUT2D eigenvalue weighted by Gasteiger charge is -2.26. The quantitative estimate of drug-likeness (QED) is 0.157. The monoisotopic (exact) mass is 763 g/mol. The van der Waals surface area contributed by atoms with Crippen LogP contribution in [0.1, 0.15) is 0 Å². The van der Waals surface area contributed by atoms with Gasteiger partial charge in [0.15, 0.2) is 0 Å². The van der Waals surface area contributed by atoms with E-state index in [1.54, 1.807) is 0 Å². The standard InChI is InChI=1S/C58H37NO/c1-4-13-49-39(9-1)12-7-16-51(49)42-23-31-47(32-24-42)59(46-29-21-38(22-30-46)44-28-35-52-45(37-44)20-19-40-10-2-5-14-50(40)52)48-33-25-43(26-34-48)53-17-8-18-56-57(53)55-36-27-41-11-3-6-15-54(41)58(55)60-56/h1-37H. The molecule has 0 aliphatic heterocycles. The first kappa shape index (κ1) is 34.1. The van der Waals surface area contributed by atoms with Crippen LogP contribution in [0.15, 0.2) is 229 Å². The lowest BCUT2D eigenvalue weighted by Crippen LogP contribution is -2.09. The van der Waals surface area contributed by atoms with Crippen LogP contribution in [0, 0.1) is 0 Å². The molecule has 0 saturated carbocycles. The van der Waals surface area contributed by atoms with E-state index in [1.165, 1.54) is 60.0 Å². The van der Waals surface area contributed by atoms with Crippen molar-refractivity contribution in [2.24, 2.45) is 0 Å². The Morgan fingerprint density at radius 2 is 0.750 bits per heavy atom. The third kappa shape index (κ3) is 5.65. The van der Waals surface area contributed by atoms with Gasteiger partial charge in [-0.2, -0.15) is 0 Å². The molecule has 0 radical (unpaired) electrons. The summed E-state index contributed by atoms with van der Waals surface area (Å²) < 4.78 is 6.54. The molecule has 12 aromatic rings.